The molecule has 0 spiro atoms. The molecule has 39 heavy (non-hydrogen) atoms. The lowest BCUT2D eigenvalue weighted by molar-refractivity contribution is -0.158. The molecule has 0 saturated carbocycles. The molecule has 0 aliphatic carbocycles. The van der Waals surface area contributed by atoms with Crippen LogP contribution in [0.5, 0.6) is 0 Å². The van der Waals surface area contributed by atoms with E-state index < -0.39 is 72.3 Å². The van der Waals surface area contributed by atoms with Crippen LogP contribution in [0, 0.1) is 35.5 Å². The van der Waals surface area contributed by atoms with Gasteiger partial charge in [0.05, 0.1) is 54.4 Å². The van der Waals surface area contributed by atoms with Gasteiger partial charge in [-0.15, -0.1) is 0 Å². The van der Waals surface area contributed by atoms with Gasteiger partial charge in [0.1, 0.15) is 0 Å². The summed E-state index contributed by atoms with van der Waals surface area (Å²) in [5.74, 6) is -4.36. The molecule has 228 valence electrons. The van der Waals surface area contributed by atoms with Gasteiger partial charge >= 0.3 is 17.9 Å². The number of ether oxygens (including phenoxy) is 3. The molecular weight excluding hydrogens is 504 g/mol. The average Bonchev–Trinajstić information content (AvgIpc) is 2.89. The molecule has 1 aliphatic heterocycles. The summed E-state index contributed by atoms with van der Waals surface area (Å²) in [6, 6.07) is 0. The average molecular weight is 559 g/mol. The highest BCUT2D eigenvalue weighted by atomic mass is 16.6. The van der Waals surface area contributed by atoms with E-state index in [1.54, 1.807) is 41.5 Å². The predicted octanol–water partition coefficient (Wildman–Crippen LogP) is 4.04. The zero-order valence-corrected chi connectivity index (χ0v) is 25.5. The summed E-state index contributed by atoms with van der Waals surface area (Å²) in [7, 11) is 0. The molecule has 1 aliphatic rings. The third kappa shape index (κ3) is 11.4. The predicted molar refractivity (Wildman–Crippen MR) is 147 cm³/mol. The van der Waals surface area contributed by atoms with Gasteiger partial charge in [0.2, 0.25) is 0 Å². The van der Waals surface area contributed by atoms with Gasteiger partial charge < -0.3 is 29.5 Å². The van der Waals surface area contributed by atoms with Crippen molar-refractivity contribution in [1.29, 1.82) is 0 Å². The van der Waals surface area contributed by atoms with Crippen molar-refractivity contribution >= 4 is 17.9 Å². The zero-order valence-electron chi connectivity index (χ0n) is 25.5. The molecule has 0 radical (unpaired) electrons. The lowest BCUT2D eigenvalue weighted by Gasteiger charge is -2.29. The number of aliphatic hydroxyl groups excluding tert-OH is 3. The van der Waals surface area contributed by atoms with E-state index in [-0.39, 0.29) is 17.8 Å². The molecule has 1 rings (SSSR count). The number of carbonyl (C=O) groups excluding carboxylic acids is 3. The number of hydrogen-bond acceptors (Lipinski definition) is 9. The number of aliphatic hydroxyl groups is 3. The molecular formula is C30H54O9. The van der Waals surface area contributed by atoms with Gasteiger partial charge in [0.25, 0.3) is 0 Å². The summed E-state index contributed by atoms with van der Waals surface area (Å²) in [6.07, 6.45) is -0.872. The van der Waals surface area contributed by atoms with E-state index in [1.807, 2.05) is 20.8 Å². The lowest BCUT2D eigenvalue weighted by atomic mass is 9.88. The Balaban J connectivity index is 3.01. The number of cyclic esters (lactones) is 3. The molecule has 1 fully saturated rings. The Morgan fingerprint density at radius 1 is 0.436 bits per heavy atom. The second kappa shape index (κ2) is 16.5. The van der Waals surface area contributed by atoms with Crippen LogP contribution >= 0.6 is 0 Å². The Hall–Kier alpha value is -1.71. The van der Waals surface area contributed by atoms with Crippen LogP contribution in [0.4, 0.5) is 0 Å². The van der Waals surface area contributed by atoms with E-state index in [1.165, 1.54) is 0 Å². The van der Waals surface area contributed by atoms with Crippen LogP contribution < -0.4 is 0 Å². The topological polar surface area (TPSA) is 140 Å². The maximum atomic E-state index is 12.7. The number of rotatable bonds is 0. The minimum Gasteiger partial charge on any atom is -0.462 e. The van der Waals surface area contributed by atoms with Crippen LogP contribution in [0.15, 0.2) is 0 Å². The molecule has 0 bridgehead atoms. The van der Waals surface area contributed by atoms with E-state index in [0.29, 0.717) is 38.5 Å². The first-order valence-corrected chi connectivity index (χ1v) is 14.7. The molecule has 0 amide bonds. The van der Waals surface area contributed by atoms with Crippen LogP contribution in [0.2, 0.25) is 0 Å². The smallest absolute Gasteiger partial charge is 0.311 e. The van der Waals surface area contributed by atoms with Crippen molar-refractivity contribution in [3.63, 3.8) is 0 Å². The van der Waals surface area contributed by atoms with Crippen molar-refractivity contribution in [3.8, 4) is 0 Å². The normalized spacial score (nSPS) is 42.0. The van der Waals surface area contributed by atoms with E-state index >= 15 is 0 Å². The Morgan fingerprint density at radius 2 is 0.641 bits per heavy atom. The first-order valence-electron chi connectivity index (χ1n) is 14.7. The third-order valence-electron chi connectivity index (χ3n) is 8.44. The minimum atomic E-state index is -0.922. The fraction of sp³-hybridized carbons (Fsp3) is 0.900. The van der Waals surface area contributed by atoms with Crippen LogP contribution in [-0.2, 0) is 28.6 Å². The van der Waals surface area contributed by atoms with E-state index in [0.717, 1.165) is 0 Å². The highest BCUT2D eigenvalue weighted by Crippen LogP contribution is 2.26. The standard InChI is InChI=1S/C30H54O9/c1-16-10-13-19(4)37-29(35)23(8)26(32)18(3)12-15-21(6)39-30(36)24(9)27(33)17(2)11-14-20(5)38-28(34)22(7)25(16)31/h16-27,31-33H,10-15H2,1-9H3. The molecule has 3 N–H and O–H groups in total. The Kier molecular flexibility index (Phi) is 15.0. The van der Waals surface area contributed by atoms with Crippen LogP contribution in [0.3, 0.4) is 0 Å². The molecule has 1 saturated heterocycles. The molecule has 9 heteroatoms. The molecule has 12 unspecified atom stereocenters. The summed E-state index contributed by atoms with van der Waals surface area (Å²) in [5, 5.41) is 32.2. The van der Waals surface area contributed by atoms with Crippen molar-refractivity contribution in [1.82, 2.24) is 0 Å². The van der Waals surface area contributed by atoms with Crippen molar-refractivity contribution < 1.29 is 43.9 Å². The van der Waals surface area contributed by atoms with Gasteiger partial charge in [0.15, 0.2) is 0 Å². The van der Waals surface area contributed by atoms with E-state index in [4.69, 9.17) is 14.2 Å². The van der Waals surface area contributed by atoms with Crippen molar-refractivity contribution in [3.05, 3.63) is 0 Å². The van der Waals surface area contributed by atoms with Crippen LogP contribution in [0.1, 0.15) is 101 Å². The maximum Gasteiger partial charge on any atom is 0.311 e. The second-order valence-corrected chi connectivity index (χ2v) is 12.2. The highest BCUT2D eigenvalue weighted by molar-refractivity contribution is 5.73. The Labute approximate surface area is 235 Å². The molecule has 0 aromatic rings. The summed E-state index contributed by atoms with van der Waals surface area (Å²) in [5.41, 5.74) is 0. The van der Waals surface area contributed by atoms with Crippen LogP contribution in [-0.4, -0.2) is 69.9 Å². The van der Waals surface area contributed by atoms with Gasteiger partial charge in [-0.1, -0.05) is 20.8 Å². The van der Waals surface area contributed by atoms with Crippen molar-refractivity contribution in [2.45, 2.75) is 137 Å². The summed E-state index contributed by atoms with van der Waals surface area (Å²) in [6.45, 7) is 15.8. The fourth-order valence-electron chi connectivity index (χ4n) is 5.00. The van der Waals surface area contributed by atoms with Crippen molar-refractivity contribution in [2.75, 3.05) is 0 Å². The van der Waals surface area contributed by atoms with Gasteiger partial charge in [-0.05, 0) is 97.8 Å². The number of hydrogen-bond donors (Lipinski definition) is 3. The zero-order chi connectivity index (χ0) is 30.0. The Morgan fingerprint density at radius 3 is 0.846 bits per heavy atom. The van der Waals surface area contributed by atoms with Gasteiger partial charge in [-0.25, -0.2) is 0 Å². The Bertz CT molecular complexity index is 672. The molecule has 0 aromatic heterocycles. The summed E-state index contributed by atoms with van der Waals surface area (Å²) in [4.78, 5) is 38.0. The first-order chi connectivity index (χ1) is 18.1. The maximum absolute atomic E-state index is 12.7. The minimum absolute atomic E-state index is 0.226. The van der Waals surface area contributed by atoms with Crippen molar-refractivity contribution in [2.24, 2.45) is 35.5 Å². The monoisotopic (exact) mass is 558 g/mol. The lowest BCUT2D eigenvalue weighted by Crippen LogP contribution is -2.36. The van der Waals surface area contributed by atoms with Gasteiger partial charge in [-0.3, -0.25) is 14.4 Å². The molecule has 12 atom stereocenters. The largest absolute Gasteiger partial charge is 0.462 e. The molecule has 9 nitrogen and oxygen atoms in total. The van der Waals surface area contributed by atoms with Gasteiger partial charge in [-0.2, -0.15) is 0 Å². The third-order valence-corrected chi connectivity index (χ3v) is 8.44. The quantitative estimate of drug-likeness (QED) is 0.297. The van der Waals surface area contributed by atoms with E-state index in [2.05, 4.69) is 0 Å². The molecule has 1 heterocycles. The summed E-state index contributed by atoms with van der Waals surface area (Å²) < 4.78 is 16.7. The second-order valence-electron chi connectivity index (χ2n) is 12.2. The first kappa shape index (κ1) is 35.3. The van der Waals surface area contributed by atoms with E-state index in [9.17, 15) is 29.7 Å². The van der Waals surface area contributed by atoms with Gasteiger partial charge in [0, 0.05) is 0 Å². The van der Waals surface area contributed by atoms with Crippen LogP contribution in [0.25, 0.3) is 0 Å². The highest BCUT2D eigenvalue weighted by Gasteiger charge is 2.33. The molecule has 0 aromatic carbocycles. The number of esters is 3. The summed E-state index contributed by atoms with van der Waals surface area (Å²) >= 11 is 0. The fourth-order valence-corrected chi connectivity index (χ4v) is 5.00. The number of carbonyl (C=O) groups is 3. The SMILES string of the molecule is CC1CCC(C)C(O)C(C)C(=O)OC(C)CCC(C)C(O)C(C)C(=O)OC(C)CCC(C)C(O)C(C)C(=O)O1.